The van der Waals surface area contributed by atoms with E-state index in [1.165, 1.54) is 19.3 Å². The fraction of sp³-hybridized carbons (Fsp3) is 0.733. The van der Waals surface area contributed by atoms with Crippen molar-refractivity contribution >= 4 is 0 Å². The largest absolute Gasteiger partial charge is 0.0914 e. The Labute approximate surface area is 95.5 Å². The Bertz CT molecular complexity index is 224. The Morgan fingerprint density at radius 2 is 1.67 bits per heavy atom. The standard InChI is InChI=1S/C15H26/c1-5-9-13-11-12(7-3)14(8-4)15(13)10-6-2/h5-6,9-10,12-15H,7-8,11H2,1-4H3/b9-5+,10-6+. The molecule has 0 radical (unpaired) electrons. The zero-order valence-corrected chi connectivity index (χ0v) is 10.7. The highest BCUT2D eigenvalue weighted by Crippen LogP contribution is 2.46. The molecule has 15 heavy (non-hydrogen) atoms. The van der Waals surface area contributed by atoms with Gasteiger partial charge in [0.1, 0.15) is 0 Å². The Balaban J connectivity index is 2.82. The smallest absolute Gasteiger partial charge is 0.0140 e. The molecule has 0 N–H and O–H groups in total. The fourth-order valence-corrected chi connectivity index (χ4v) is 3.35. The lowest BCUT2D eigenvalue weighted by molar-refractivity contribution is 0.324. The highest BCUT2D eigenvalue weighted by molar-refractivity contribution is 5.06. The third-order valence-electron chi connectivity index (χ3n) is 4.02. The Kier molecular flexibility index (Phi) is 5.14. The molecule has 0 saturated heterocycles. The molecular weight excluding hydrogens is 180 g/mol. The van der Waals surface area contributed by atoms with E-state index in [4.69, 9.17) is 0 Å². The van der Waals surface area contributed by atoms with Crippen molar-refractivity contribution in [1.29, 1.82) is 0 Å². The summed E-state index contributed by atoms with van der Waals surface area (Å²) in [5.74, 6) is 3.44. The van der Waals surface area contributed by atoms with Gasteiger partial charge in [0.15, 0.2) is 0 Å². The predicted octanol–water partition coefficient (Wildman–Crippen LogP) is 4.83. The Morgan fingerprint density at radius 3 is 2.13 bits per heavy atom. The Morgan fingerprint density at radius 1 is 1.00 bits per heavy atom. The summed E-state index contributed by atoms with van der Waals surface area (Å²) in [5, 5.41) is 0. The average molecular weight is 206 g/mol. The summed E-state index contributed by atoms with van der Waals surface area (Å²) in [4.78, 5) is 0. The van der Waals surface area contributed by atoms with Crippen molar-refractivity contribution in [1.82, 2.24) is 0 Å². The van der Waals surface area contributed by atoms with Crippen molar-refractivity contribution in [2.75, 3.05) is 0 Å². The Hall–Kier alpha value is -0.520. The minimum absolute atomic E-state index is 0.793. The van der Waals surface area contributed by atoms with Gasteiger partial charge >= 0.3 is 0 Å². The summed E-state index contributed by atoms with van der Waals surface area (Å²) < 4.78 is 0. The van der Waals surface area contributed by atoms with Crippen LogP contribution < -0.4 is 0 Å². The molecule has 1 aliphatic rings. The predicted molar refractivity (Wildman–Crippen MR) is 68.8 cm³/mol. The average Bonchev–Trinajstić information content (AvgIpc) is 2.57. The maximum atomic E-state index is 2.44. The van der Waals surface area contributed by atoms with Gasteiger partial charge in [0.25, 0.3) is 0 Å². The van der Waals surface area contributed by atoms with Gasteiger partial charge in [-0.3, -0.25) is 0 Å². The lowest BCUT2D eigenvalue weighted by Gasteiger charge is -2.21. The van der Waals surface area contributed by atoms with Crippen LogP contribution in [0.3, 0.4) is 0 Å². The van der Waals surface area contributed by atoms with Crippen LogP contribution in [-0.4, -0.2) is 0 Å². The summed E-state index contributed by atoms with van der Waals surface area (Å²) in [6.45, 7) is 8.99. The van der Waals surface area contributed by atoms with Gasteiger partial charge in [-0.25, -0.2) is 0 Å². The highest BCUT2D eigenvalue weighted by Gasteiger charge is 2.38. The molecule has 1 fully saturated rings. The monoisotopic (exact) mass is 206 g/mol. The number of hydrogen-bond acceptors (Lipinski definition) is 0. The van der Waals surface area contributed by atoms with Gasteiger partial charge in [-0.15, -0.1) is 0 Å². The van der Waals surface area contributed by atoms with E-state index in [1.807, 2.05) is 0 Å². The molecule has 1 saturated carbocycles. The van der Waals surface area contributed by atoms with Gasteiger partial charge in [0.05, 0.1) is 0 Å². The van der Waals surface area contributed by atoms with Crippen molar-refractivity contribution in [3.8, 4) is 0 Å². The van der Waals surface area contributed by atoms with E-state index in [1.54, 1.807) is 0 Å². The van der Waals surface area contributed by atoms with Crippen LogP contribution in [0, 0.1) is 23.7 Å². The maximum Gasteiger partial charge on any atom is -0.0140 e. The molecule has 0 nitrogen and oxygen atoms in total. The van der Waals surface area contributed by atoms with E-state index in [9.17, 15) is 0 Å². The zero-order chi connectivity index (χ0) is 11.3. The van der Waals surface area contributed by atoms with Gasteiger partial charge in [-0.2, -0.15) is 0 Å². The lowest BCUT2D eigenvalue weighted by atomic mass is 9.84. The minimum atomic E-state index is 0.793. The molecule has 0 heteroatoms. The van der Waals surface area contributed by atoms with Crippen LogP contribution in [0.4, 0.5) is 0 Å². The molecule has 0 heterocycles. The van der Waals surface area contributed by atoms with Crippen LogP contribution in [-0.2, 0) is 0 Å². The van der Waals surface area contributed by atoms with Gasteiger partial charge in [0, 0.05) is 0 Å². The molecule has 0 aromatic rings. The van der Waals surface area contributed by atoms with Crippen molar-refractivity contribution in [3.05, 3.63) is 24.3 Å². The molecule has 1 aliphatic carbocycles. The molecule has 86 valence electrons. The van der Waals surface area contributed by atoms with E-state index in [0.29, 0.717) is 0 Å². The van der Waals surface area contributed by atoms with Crippen LogP contribution in [0.1, 0.15) is 47.0 Å². The fourth-order valence-electron chi connectivity index (χ4n) is 3.35. The summed E-state index contributed by atoms with van der Waals surface area (Å²) in [7, 11) is 0. The molecule has 0 bridgehead atoms. The molecule has 4 unspecified atom stereocenters. The molecular formula is C15H26. The summed E-state index contributed by atoms with van der Waals surface area (Å²) in [5.41, 5.74) is 0. The van der Waals surface area contributed by atoms with E-state index in [2.05, 4.69) is 52.0 Å². The first-order valence-corrected chi connectivity index (χ1v) is 6.54. The van der Waals surface area contributed by atoms with Gasteiger partial charge in [-0.1, -0.05) is 51.0 Å². The molecule has 0 aliphatic heterocycles. The van der Waals surface area contributed by atoms with E-state index in [-0.39, 0.29) is 0 Å². The van der Waals surface area contributed by atoms with Gasteiger partial charge in [0.2, 0.25) is 0 Å². The second-order valence-corrected chi connectivity index (χ2v) is 4.77. The molecule has 0 amide bonds. The van der Waals surface area contributed by atoms with Gasteiger partial charge in [-0.05, 0) is 43.9 Å². The third kappa shape index (κ3) is 2.74. The van der Waals surface area contributed by atoms with E-state index in [0.717, 1.165) is 23.7 Å². The van der Waals surface area contributed by atoms with Crippen molar-refractivity contribution in [2.45, 2.75) is 47.0 Å². The number of rotatable bonds is 4. The topological polar surface area (TPSA) is 0 Å². The normalized spacial score (nSPS) is 37.1. The SMILES string of the molecule is C/C=C/C1CC(CC)C(CC)C1/C=C/C. The third-order valence-corrected chi connectivity index (χ3v) is 4.02. The van der Waals surface area contributed by atoms with Crippen LogP contribution >= 0.6 is 0 Å². The van der Waals surface area contributed by atoms with Crippen LogP contribution in [0.5, 0.6) is 0 Å². The quantitative estimate of drug-likeness (QED) is 0.578. The minimum Gasteiger partial charge on any atom is -0.0914 e. The zero-order valence-electron chi connectivity index (χ0n) is 10.7. The van der Waals surface area contributed by atoms with Crippen LogP contribution in [0.15, 0.2) is 24.3 Å². The van der Waals surface area contributed by atoms with Crippen molar-refractivity contribution in [3.63, 3.8) is 0 Å². The summed E-state index contributed by atoms with van der Waals surface area (Å²) in [6, 6.07) is 0. The molecule has 0 aromatic heterocycles. The van der Waals surface area contributed by atoms with Crippen LogP contribution in [0.2, 0.25) is 0 Å². The molecule has 0 aromatic carbocycles. The second kappa shape index (κ2) is 6.15. The first kappa shape index (κ1) is 12.5. The first-order valence-electron chi connectivity index (χ1n) is 6.54. The highest BCUT2D eigenvalue weighted by atomic mass is 14.4. The first-order chi connectivity index (χ1) is 7.28. The van der Waals surface area contributed by atoms with Crippen molar-refractivity contribution in [2.24, 2.45) is 23.7 Å². The number of allylic oxidation sites excluding steroid dienone is 4. The lowest BCUT2D eigenvalue weighted by Crippen LogP contribution is -2.14. The number of hydrogen-bond donors (Lipinski definition) is 0. The summed E-state index contributed by atoms with van der Waals surface area (Å²) in [6.07, 6.45) is 13.4. The molecule has 0 spiro atoms. The van der Waals surface area contributed by atoms with Crippen LogP contribution in [0.25, 0.3) is 0 Å². The van der Waals surface area contributed by atoms with E-state index >= 15 is 0 Å². The van der Waals surface area contributed by atoms with E-state index < -0.39 is 0 Å². The molecule has 1 rings (SSSR count). The molecule has 4 atom stereocenters. The van der Waals surface area contributed by atoms with Gasteiger partial charge < -0.3 is 0 Å². The maximum absolute atomic E-state index is 2.44. The summed E-state index contributed by atoms with van der Waals surface area (Å²) >= 11 is 0. The van der Waals surface area contributed by atoms with Crippen molar-refractivity contribution < 1.29 is 0 Å². The second-order valence-electron chi connectivity index (χ2n) is 4.77.